The molecular weight excluding hydrogens is 412 g/mol. The SMILES string of the molecule is O=C(NNC(=O)c1ccccc1O)c1cc(Br)c(Br)s1. The highest BCUT2D eigenvalue weighted by molar-refractivity contribution is 9.13. The van der Waals surface area contributed by atoms with Gasteiger partial charge >= 0.3 is 0 Å². The summed E-state index contributed by atoms with van der Waals surface area (Å²) in [7, 11) is 0. The molecule has 0 radical (unpaired) electrons. The molecule has 2 aromatic rings. The van der Waals surface area contributed by atoms with Gasteiger partial charge in [-0.25, -0.2) is 0 Å². The molecule has 104 valence electrons. The highest BCUT2D eigenvalue weighted by atomic mass is 79.9. The van der Waals surface area contributed by atoms with Gasteiger partial charge in [0.1, 0.15) is 5.75 Å². The molecule has 0 fully saturated rings. The van der Waals surface area contributed by atoms with Gasteiger partial charge < -0.3 is 5.11 Å². The van der Waals surface area contributed by atoms with Crippen molar-refractivity contribution in [2.45, 2.75) is 0 Å². The topological polar surface area (TPSA) is 78.4 Å². The van der Waals surface area contributed by atoms with Gasteiger partial charge in [-0.3, -0.25) is 20.4 Å². The number of phenolic OH excluding ortho intramolecular Hbond substituents is 1. The number of hydrazine groups is 1. The Balaban J connectivity index is 2.00. The lowest BCUT2D eigenvalue weighted by Gasteiger charge is -2.07. The summed E-state index contributed by atoms with van der Waals surface area (Å²) in [6, 6.07) is 7.70. The summed E-state index contributed by atoms with van der Waals surface area (Å²) in [5, 5.41) is 9.52. The van der Waals surface area contributed by atoms with Crippen molar-refractivity contribution in [2.75, 3.05) is 0 Å². The Labute approximate surface area is 135 Å². The minimum Gasteiger partial charge on any atom is -0.507 e. The van der Waals surface area contributed by atoms with Crippen LogP contribution in [0.3, 0.4) is 0 Å². The number of carbonyl (C=O) groups is 2. The van der Waals surface area contributed by atoms with Gasteiger partial charge in [-0.15, -0.1) is 11.3 Å². The average molecular weight is 420 g/mol. The molecule has 20 heavy (non-hydrogen) atoms. The number of aromatic hydroxyl groups is 1. The molecule has 8 heteroatoms. The minimum absolute atomic E-state index is 0.0846. The van der Waals surface area contributed by atoms with Crippen LogP contribution in [0.5, 0.6) is 5.75 Å². The molecular formula is C12H8Br2N2O3S. The second kappa shape index (κ2) is 6.38. The molecule has 1 aromatic heterocycles. The largest absolute Gasteiger partial charge is 0.507 e. The van der Waals surface area contributed by atoms with Crippen molar-refractivity contribution in [3.63, 3.8) is 0 Å². The van der Waals surface area contributed by atoms with Crippen LogP contribution in [-0.4, -0.2) is 16.9 Å². The molecule has 1 aromatic carbocycles. The molecule has 5 nitrogen and oxygen atoms in total. The maximum atomic E-state index is 11.8. The van der Waals surface area contributed by atoms with E-state index in [9.17, 15) is 14.7 Å². The Hall–Kier alpha value is -1.38. The third kappa shape index (κ3) is 3.38. The van der Waals surface area contributed by atoms with Crippen LogP contribution in [0.15, 0.2) is 38.6 Å². The predicted octanol–water partition coefficient (Wildman–Crippen LogP) is 3.05. The molecule has 0 saturated heterocycles. The number of halogens is 2. The number of benzene rings is 1. The van der Waals surface area contributed by atoms with Crippen molar-refractivity contribution < 1.29 is 14.7 Å². The van der Waals surface area contributed by atoms with E-state index in [1.54, 1.807) is 18.2 Å². The summed E-state index contributed by atoms with van der Waals surface area (Å²) < 4.78 is 1.55. The van der Waals surface area contributed by atoms with Crippen LogP contribution in [0, 0.1) is 0 Å². The van der Waals surface area contributed by atoms with E-state index in [4.69, 9.17) is 0 Å². The maximum absolute atomic E-state index is 11.8. The second-order valence-electron chi connectivity index (χ2n) is 3.66. The average Bonchev–Trinajstić information content (AvgIpc) is 2.76. The smallest absolute Gasteiger partial charge is 0.279 e. The standard InChI is InChI=1S/C12H8Br2N2O3S/c13-7-5-9(20-10(7)14)12(19)16-15-11(18)6-3-1-2-4-8(6)17/h1-5,17H,(H,15,18)(H,16,19). The molecule has 0 aliphatic carbocycles. The van der Waals surface area contributed by atoms with E-state index < -0.39 is 11.8 Å². The van der Waals surface area contributed by atoms with E-state index in [0.717, 1.165) is 8.26 Å². The van der Waals surface area contributed by atoms with Crippen molar-refractivity contribution >= 4 is 55.0 Å². The zero-order chi connectivity index (χ0) is 14.7. The van der Waals surface area contributed by atoms with E-state index in [1.165, 1.54) is 23.5 Å². The molecule has 0 unspecified atom stereocenters. The van der Waals surface area contributed by atoms with Crippen LogP contribution in [0.1, 0.15) is 20.0 Å². The molecule has 0 bridgehead atoms. The van der Waals surface area contributed by atoms with Gasteiger partial charge in [-0.2, -0.15) is 0 Å². The van der Waals surface area contributed by atoms with Crippen molar-refractivity contribution in [1.29, 1.82) is 0 Å². The number of rotatable bonds is 2. The number of hydrogen-bond acceptors (Lipinski definition) is 4. The fraction of sp³-hybridized carbons (Fsp3) is 0. The molecule has 2 amide bonds. The van der Waals surface area contributed by atoms with E-state index in [1.807, 2.05) is 0 Å². The first-order valence-electron chi connectivity index (χ1n) is 5.32. The van der Waals surface area contributed by atoms with Crippen LogP contribution in [0.2, 0.25) is 0 Å². The number of nitrogens with one attached hydrogen (secondary N) is 2. The summed E-state index contributed by atoms with van der Waals surface area (Å²) in [5.41, 5.74) is 4.61. The number of amides is 2. The van der Waals surface area contributed by atoms with Crippen molar-refractivity contribution in [3.8, 4) is 5.75 Å². The summed E-state index contributed by atoms with van der Waals surface area (Å²) >= 11 is 7.79. The molecule has 0 aliphatic rings. The third-order valence-corrected chi connectivity index (χ3v) is 5.56. The summed E-state index contributed by atoms with van der Waals surface area (Å²) in [4.78, 5) is 24.0. The van der Waals surface area contributed by atoms with Crippen LogP contribution in [0.4, 0.5) is 0 Å². The molecule has 0 spiro atoms. The molecule has 0 aliphatic heterocycles. The van der Waals surface area contributed by atoms with E-state index in [0.29, 0.717) is 4.88 Å². The van der Waals surface area contributed by atoms with Crippen molar-refractivity contribution in [3.05, 3.63) is 49.0 Å². The summed E-state index contributed by atoms with van der Waals surface area (Å²) in [5.74, 6) is -1.18. The Morgan fingerprint density at radius 2 is 1.75 bits per heavy atom. The van der Waals surface area contributed by atoms with Crippen LogP contribution in [0.25, 0.3) is 0 Å². The Morgan fingerprint density at radius 3 is 2.35 bits per heavy atom. The number of hydrogen-bond donors (Lipinski definition) is 3. The predicted molar refractivity (Wildman–Crippen MR) is 82.8 cm³/mol. The zero-order valence-corrected chi connectivity index (χ0v) is 13.8. The van der Waals surface area contributed by atoms with Gasteiger partial charge in [0.25, 0.3) is 11.8 Å². The molecule has 0 atom stereocenters. The monoisotopic (exact) mass is 418 g/mol. The maximum Gasteiger partial charge on any atom is 0.279 e. The fourth-order valence-electron chi connectivity index (χ4n) is 1.37. The quantitative estimate of drug-likeness (QED) is 0.654. The number of phenols is 1. The number of thiophene rings is 1. The van der Waals surface area contributed by atoms with Crippen LogP contribution >= 0.6 is 43.2 Å². The molecule has 3 N–H and O–H groups in total. The first-order valence-corrected chi connectivity index (χ1v) is 7.73. The highest BCUT2D eigenvalue weighted by Gasteiger charge is 2.14. The van der Waals surface area contributed by atoms with Gasteiger partial charge in [-0.05, 0) is 50.1 Å². The lowest BCUT2D eigenvalue weighted by Crippen LogP contribution is -2.41. The Morgan fingerprint density at radius 1 is 1.10 bits per heavy atom. The van der Waals surface area contributed by atoms with E-state index >= 15 is 0 Å². The van der Waals surface area contributed by atoms with Gasteiger partial charge in [0, 0.05) is 4.47 Å². The fourth-order valence-corrected chi connectivity index (χ4v) is 3.30. The summed E-state index contributed by atoms with van der Waals surface area (Å²) in [6.07, 6.45) is 0. The van der Waals surface area contributed by atoms with Gasteiger partial charge in [0.15, 0.2) is 0 Å². The first kappa shape index (κ1) is 15.0. The van der Waals surface area contributed by atoms with Gasteiger partial charge in [-0.1, -0.05) is 12.1 Å². The third-order valence-electron chi connectivity index (χ3n) is 2.31. The van der Waals surface area contributed by atoms with E-state index in [-0.39, 0.29) is 11.3 Å². The van der Waals surface area contributed by atoms with Crippen LogP contribution in [-0.2, 0) is 0 Å². The first-order chi connectivity index (χ1) is 9.49. The lowest BCUT2D eigenvalue weighted by atomic mass is 10.2. The molecule has 0 saturated carbocycles. The molecule has 2 rings (SSSR count). The Kier molecular flexibility index (Phi) is 4.79. The number of para-hydroxylation sites is 1. The zero-order valence-electron chi connectivity index (χ0n) is 9.81. The van der Waals surface area contributed by atoms with E-state index in [2.05, 4.69) is 42.7 Å². The second-order valence-corrected chi connectivity index (χ2v) is 6.88. The lowest BCUT2D eigenvalue weighted by molar-refractivity contribution is 0.0847. The molecule has 1 heterocycles. The number of carbonyl (C=O) groups excluding carboxylic acids is 2. The van der Waals surface area contributed by atoms with Crippen LogP contribution < -0.4 is 10.9 Å². The van der Waals surface area contributed by atoms with Gasteiger partial charge in [0.2, 0.25) is 0 Å². The minimum atomic E-state index is -0.592. The van der Waals surface area contributed by atoms with Gasteiger partial charge in [0.05, 0.1) is 14.2 Å². The normalized spacial score (nSPS) is 10.1. The Bertz CT molecular complexity index is 653. The van der Waals surface area contributed by atoms with Crippen molar-refractivity contribution in [2.24, 2.45) is 0 Å². The highest BCUT2D eigenvalue weighted by Crippen LogP contribution is 2.32. The van der Waals surface area contributed by atoms with Crippen molar-refractivity contribution in [1.82, 2.24) is 10.9 Å². The summed E-state index contributed by atoms with van der Waals surface area (Å²) in [6.45, 7) is 0.